The first kappa shape index (κ1) is 23.9. The Morgan fingerprint density at radius 2 is 1.60 bits per heavy atom. The Hall–Kier alpha value is -4.27. The number of anilines is 1. The third-order valence-electron chi connectivity index (χ3n) is 5.65. The summed E-state index contributed by atoms with van der Waals surface area (Å²) in [5, 5.41) is 4.44. The summed E-state index contributed by atoms with van der Waals surface area (Å²) in [7, 11) is 0. The molecule has 0 radical (unpaired) electrons. The predicted octanol–water partition coefficient (Wildman–Crippen LogP) is 5.95. The lowest BCUT2D eigenvalue weighted by atomic mass is 9.99. The highest BCUT2D eigenvalue weighted by Gasteiger charge is 2.25. The number of nitrogen functional groups attached to an aromatic ring is 1. The first-order valence-electron chi connectivity index (χ1n) is 10.5. The van der Waals surface area contributed by atoms with E-state index in [1.807, 2.05) is 13.0 Å². The molecule has 0 spiro atoms. The first-order chi connectivity index (χ1) is 16.3. The van der Waals surface area contributed by atoms with E-state index in [1.165, 1.54) is 34.8 Å². The van der Waals surface area contributed by atoms with Crippen molar-refractivity contribution >= 4 is 11.6 Å². The van der Waals surface area contributed by atoms with Gasteiger partial charge in [-0.15, -0.1) is 5.10 Å². The molecule has 5 aromatic rings. The molecule has 1 atom stereocenters. The van der Waals surface area contributed by atoms with Crippen molar-refractivity contribution in [2.75, 3.05) is 5.73 Å². The minimum Gasteiger partial charge on any atom is -0.368 e. The summed E-state index contributed by atoms with van der Waals surface area (Å²) >= 11 is 0. The van der Waals surface area contributed by atoms with Crippen LogP contribution in [0.1, 0.15) is 37.4 Å². The first-order valence-corrected chi connectivity index (χ1v) is 10.5. The van der Waals surface area contributed by atoms with Crippen LogP contribution in [0.4, 0.5) is 19.1 Å². The number of hydrogen-bond acceptors (Lipinski definition) is 5. The third kappa shape index (κ3) is 4.21. The zero-order valence-corrected chi connectivity index (χ0v) is 18.3. The fourth-order valence-corrected chi connectivity index (χ4v) is 3.99. The topological polar surface area (TPSA) is 82.0 Å². The van der Waals surface area contributed by atoms with Gasteiger partial charge in [0.25, 0.3) is 0 Å². The smallest absolute Gasteiger partial charge is 0.223 e. The van der Waals surface area contributed by atoms with Crippen LogP contribution in [0.25, 0.3) is 28.0 Å². The van der Waals surface area contributed by atoms with Gasteiger partial charge in [0.05, 0.1) is 11.3 Å². The predicted molar refractivity (Wildman–Crippen MR) is 129 cm³/mol. The molecule has 0 saturated heterocycles. The summed E-state index contributed by atoms with van der Waals surface area (Å²) in [6, 6.07) is 13.2. The Morgan fingerprint density at radius 1 is 0.914 bits per heavy atom. The zero-order valence-electron chi connectivity index (χ0n) is 18.3. The Kier molecular flexibility index (Phi) is 6.26. The van der Waals surface area contributed by atoms with Crippen molar-refractivity contribution in [1.82, 2.24) is 24.6 Å². The number of pyridine rings is 1. The van der Waals surface area contributed by atoms with Crippen LogP contribution in [0, 0.1) is 24.4 Å². The fourth-order valence-electron chi connectivity index (χ4n) is 3.99. The number of aromatic nitrogens is 5. The molecule has 3 heterocycles. The molecule has 0 saturated carbocycles. The Bertz CT molecular complexity index is 1510. The van der Waals surface area contributed by atoms with E-state index >= 15 is 0 Å². The summed E-state index contributed by atoms with van der Waals surface area (Å²) in [6.07, 6.45) is 1.65. The van der Waals surface area contributed by atoms with Gasteiger partial charge in [-0.1, -0.05) is 20.4 Å². The highest BCUT2D eigenvalue weighted by Crippen LogP contribution is 2.36. The van der Waals surface area contributed by atoms with Crippen LogP contribution in [0.15, 0.2) is 60.8 Å². The van der Waals surface area contributed by atoms with Gasteiger partial charge in [0.1, 0.15) is 17.5 Å². The second kappa shape index (κ2) is 9.17. The second-order valence-corrected chi connectivity index (χ2v) is 7.95. The van der Waals surface area contributed by atoms with Gasteiger partial charge in [0.2, 0.25) is 5.95 Å². The average molecular weight is 477 g/mol. The van der Waals surface area contributed by atoms with E-state index in [-0.39, 0.29) is 30.6 Å². The van der Waals surface area contributed by atoms with Crippen molar-refractivity contribution in [2.24, 2.45) is 0 Å². The molecule has 2 N–H and O–H groups in total. The van der Waals surface area contributed by atoms with E-state index < -0.39 is 17.6 Å². The van der Waals surface area contributed by atoms with Gasteiger partial charge < -0.3 is 5.73 Å². The lowest BCUT2D eigenvalue weighted by Gasteiger charge is -2.12. The van der Waals surface area contributed by atoms with Gasteiger partial charge in [-0.05, 0) is 61.0 Å². The van der Waals surface area contributed by atoms with Crippen LogP contribution in [0.5, 0.6) is 0 Å². The number of fused-ring (bicyclic) bond motifs is 1. The van der Waals surface area contributed by atoms with Gasteiger partial charge in [-0.2, -0.15) is 4.52 Å². The third-order valence-corrected chi connectivity index (χ3v) is 5.65. The molecule has 1 unspecified atom stereocenters. The minimum atomic E-state index is -0.790. The van der Waals surface area contributed by atoms with E-state index in [0.717, 1.165) is 11.3 Å². The normalized spacial score (nSPS) is 11.9. The highest BCUT2D eigenvalue weighted by molar-refractivity contribution is 5.90. The van der Waals surface area contributed by atoms with Crippen LogP contribution in [-0.4, -0.2) is 24.6 Å². The summed E-state index contributed by atoms with van der Waals surface area (Å²) in [5.41, 5.74) is 9.64. The van der Waals surface area contributed by atoms with Crippen LogP contribution in [0.2, 0.25) is 0 Å². The number of halogens is 3. The van der Waals surface area contributed by atoms with Crippen molar-refractivity contribution in [1.29, 1.82) is 0 Å². The van der Waals surface area contributed by atoms with Crippen LogP contribution in [-0.2, 0) is 0 Å². The SMILES string of the molecule is C.Cc1cc(-c2c(-c3ccc(F)cc3)nc(N)n3nc(C(C)c4c(F)cccc4F)nc23)ccn1. The second-order valence-electron chi connectivity index (χ2n) is 7.95. The summed E-state index contributed by atoms with van der Waals surface area (Å²) in [6.45, 7) is 3.47. The molecule has 5 rings (SSSR count). The molecular weight excluding hydrogens is 453 g/mol. The Labute approximate surface area is 200 Å². The van der Waals surface area contributed by atoms with Gasteiger partial charge in [-0.25, -0.2) is 23.1 Å². The van der Waals surface area contributed by atoms with E-state index in [0.29, 0.717) is 22.5 Å². The molecule has 178 valence electrons. The quantitative estimate of drug-likeness (QED) is 0.347. The maximum atomic E-state index is 14.5. The van der Waals surface area contributed by atoms with E-state index in [1.54, 1.807) is 31.3 Å². The number of hydrogen-bond donors (Lipinski definition) is 1. The number of nitrogens with two attached hydrogens (primary N) is 1. The van der Waals surface area contributed by atoms with Crippen molar-refractivity contribution in [3.05, 3.63) is 95.3 Å². The molecule has 9 heteroatoms. The number of aryl methyl sites for hydroxylation is 1. The molecule has 3 aromatic heterocycles. The standard InChI is InChI=1S/C25H19F3N6.CH4/c1-13-12-16(10-11-30-13)21-22(15-6-8-17(26)9-7-15)31-25(29)34-24(21)32-23(33-34)14(2)20-18(27)4-3-5-19(20)28;/h3-12,14H,1-2H3,(H2,29,31);1H4. The molecule has 0 aliphatic carbocycles. The zero-order chi connectivity index (χ0) is 24.0. The van der Waals surface area contributed by atoms with Crippen LogP contribution >= 0.6 is 0 Å². The van der Waals surface area contributed by atoms with Crippen LogP contribution < -0.4 is 5.73 Å². The lowest BCUT2D eigenvalue weighted by molar-refractivity contribution is 0.542. The fraction of sp³-hybridized carbons (Fsp3) is 0.154. The maximum Gasteiger partial charge on any atom is 0.223 e. The van der Waals surface area contributed by atoms with E-state index in [4.69, 9.17) is 5.73 Å². The monoisotopic (exact) mass is 476 g/mol. The van der Waals surface area contributed by atoms with Gasteiger partial charge in [0, 0.05) is 28.9 Å². The number of nitrogens with zero attached hydrogens (tertiary/aromatic N) is 5. The van der Waals surface area contributed by atoms with Gasteiger partial charge in [-0.3, -0.25) is 4.98 Å². The molecule has 0 aliphatic heterocycles. The van der Waals surface area contributed by atoms with Crippen molar-refractivity contribution in [2.45, 2.75) is 27.2 Å². The largest absolute Gasteiger partial charge is 0.368 e. The molecule has 0 aliphatic rings. The average Bonchev–Trinajstić information content (AvgIpc) is 3.25. The van der Waals surface area contributed by atoms with Crippen LogP contribution in [0.3, 0.4) is 0 Å². The maximum absolute atomic E-state index is 14.5. The summed E-state index contributed by atoms with van der Waals surface area (Å²) < 4.78 is 43.8. The molecule has 0 amide bonds. The van der Waals surface area contributed by atoms with Gasteiger partial charge >= 0.3 is 0 Å². The molecular formula is C26H23F3N6. The Morgan fingerprint density at radius 3 is 2.26 bits per heavy atom. The van der Waals surface area contributed by atoms with Crippen molar-refractivity contribution in [3.8, 4) is 22.4 Å². The lowest BCUT2D eigenvalue weighted by Crippen LogP contribution is -2.07. The van der Waals surface area contributed by atoms with Crippen molar-refractivity contribution in [3.63, 3.8) is 0 Å². The summed E-state index contributed by atoms with van der Waals surface area (Å²) in [5.74, 6) is -2.33. The minimum absolute atomic E-state index is 0. The molecule has 35 heavy (non-hydrogen) atoms. The molecule has 6 nitrogen and oxygen atoms in total. The molecule has 2 aromatic carbocycles. The Balaban J connectivity index is 0.00000289. The summed E-state index contributed by atoms with van der Waals surface area (Å²) in [4.78, 5) is 13.4. The number of rotatable bonds is 4. The number of benzene rings is 2. The van der Waals surface area contributed by atoms with Crippen molar-refractivity contribution < 1.29 is 13.2 Å². The van der Waals surface area contributed by atoms with E-state index in [9.17, 15) is 13.2 Å². The highest BCUT2D eigenvalue weighted by atomic mass is 19.1. The molecule has 0 fully saturated rings. The van der Waals surface area contributed by atoms with Gasteiger partial charge in [0.15, 0.2) is 11.5 Å². The molecule has 0 bridgehead atoms. The van der Waals surface area contributed by atoms with E-state index in [2.05, 4.69) is 20.1 Å².